The molecule has 0 spiro atoms. The first kappa shape index (κ1) is 14.6. The molecule has 1 heterocycles. The number of benzene rings is 1. The minimum Gasteiger partial charge on any atom is -0.436 e. The highest BCUT2D eigenvalue weighted by Crippen LogP contribution is 2.33. The lowest BCUT2D eigenvalue weighted by Crippen LogP contribution is -2.05. The van der Waals surface area contributed by atoms with Crippen molar-refractivity contribution in [1.29, 1.82) is 0 Å². The predicted molar refractivity (Wildman–Crippen MR) is 68.0 cm³/mol. The Bertz CT molecular complexity index is 644. The van der Waals surface area contributed by atoms with Crippen LogP contribution in [0.5, 0.6) is 11.6 Å². The fraction of sp³-hybridized carbons (Fsp3) is 0.231. The Hall–Kier alpha value is -1.82. The molecule has 7 heteroatoms. The number of halogens is 4. The summed E-state index contributed by atoms with van der Waals surface area (Å²) in [6.45, 7) is 3.43. The SMILES string of the molecule is Cc1nc(Cl)c(Oc2cccc(C(F)(F)F)c2)nc1C. The molecule has 0 saturated carbocycles. The molecule has 0 fully saturated rings. The van der Waals surface area contributed by atoms with Crippen LogP contribution in [0.3, 0.4) is 0 Å². The number of alkyl halides is 3. The second-order valence-corrected chi connectivity index (χ2v) is 4.48. The summed E-state index contributed by atoms with van der Waals surface area (Å²) in [7, 11) is 0. The van der Waals surface area contributed by atoms with E-state index in [0.29, 0.717) is 11.4 Å². The minimum atomic E-state index is -4.43. The van der Waals surface area contributed by atoms with E-state index in [-0.39, 0.29) is 16.8 Å². The smallest absolute Gasteiger partial charge is 0.416 e. The molecule has 0 aliphatic heterocycles. The summed E-state index contributed by atoms with van der Waals surface area (Å²) in [6.07, 6.45) is -4.43. The summed E-state index contributed by atoms with van der Waals surface area (Å²) in [4.78, 5) is 8.06. The van der Waals surface area contributed by atoms with Gasteiger partial charge in [-0.25, -0.2) is 9.97 Å². The Balaban J connectivity index is 2.33. The molecule has 0 unspecified atom stereocenters. The first-order valence-corrected chi connectivity index (χ1v) is 6.01. The number of hydrogen-bond donors (Lipinski definition) is 0. The zero-order chi connectivity index (χ0) is 14.9. The van der Waals surface area contributed by atoms with Gasteiger partial charge in [0.2, 0.25) is 0 Å². The van der Waals surface area contributed by atoms with E-state index in [0.717, 1.165) is 12.1 Å². The van der Waals surface area contributed by atoms with E-state index in [1.54, 1.807) is 13.8 Å². The minimum absolute atomic E-state index is 0.000668. The molecule has 0 radical (unpaired) electrons. The van der Waals surface area contributed by atoms with Gasteiger partial charge in [-0.2, -0.15) is 13.2 Å². The first-order chi connectivity index (χ1) is 9.27. The van der Waals surface area contributed by atoms with Crippen LogP contribution in [0.1, 0.15) is 17.0 Å². The first-order valence-electron chi connectivity index (χ1n) is 5.63. The lowest BCUT2D eigenvalue weighted by molar-refractivity contribution is -0.137. The Labute approximate surface area is 118 Å². The van der Waals surface area contributed by atoms with Crippen molar-refractivity contribution in [1.82, 2.24) is 9.97 Å². The molecule has 3 nitrogen and oxygen atoms in total. The fourth-order valence-electron chi connectivity index (χ4n) is 1.47. The van der Waals surface area contributed by atoms with Crippen LogP contribution in [-0.4, -0.2) is 9.97 Å². The van der Waals surface area contributed by atoms with Gasteiger partial charge in [0, 0.05) is 0 Å². The molecule has 0 aliphatic rings. The Morgan fingerprint density at radius 1 is 1.10 bits per heavy atom. The summed E-state index contributed by atoms with van der Waals surface area (Å²) in [5.74, 6) is -0.0200. The van der Waals surface area contributed by atoms with Gasteiger partial charge >= 0.3 is 6.18 Å². The van der Waals surface area contributed by atoms with Gasteiger partial charge in [-0.3, -0.25) is 0 Å². The largest absolute Gasteiger partial charge is 0.436 e. The highest BCUT2D eigenvalue weighted by Gasteiger charge is 2.30. The van der Waals surface area contributed by atoms with Crippen LogP contribution in [0.2, 0.25) is 5.15 Å². The summed E-state index contributed by atoms with van der Waals surface area (Å²) in [6, 6.07) is 4.48. The van der Waals surface area contributed by atoms with E-state index < -0.39 is 11.7 Å². The van der Waals surface area contributed by atoms with Crippen LogP contribution in [0, 0.1) is 13.8 Å². The van der Waals surface area contributed by atoms with E-state index in [1.165, 1.54) is 12.1 Å². The number of aromatic nitrogens is 2. The number of rotatable bonds is 2. The molecule has 0 aliphatic carbocycles. The molecule has 0 N–H and O–H groups in total. The third kappa shape index (κ3) is 3.19. The average Bonchev–Trinajstić information content (AvgIpc) is 2.35. The lowest BCUT2D eigenvalue weighted by Gasteiger charge is -2.11. The van der Waals surface area contributed by atoms with Gasteiger partial charge in [0.1, 0.15) is 5.75 Å². The lowest BCUT2D eigenvalue weighted by atomic mass is 10.2. The van der Waals surface area contributed by atoms with Gasteiger partial charge in [-0.05, 0) is 32.0 Å². The van der Waals surface area contributed by atoms with Crippen LogP contribution in [-0.2, 0) is 6.18 Å². The van der Waals surface area contributed by atoms with E-state index in [4.69, 9.17) is 16.3 Å². The van der Waals surface area contributed by atoms with Gasteiger partial charge < -0.3 is 4.74 Å². The maximum atomic E-state index is 12.6. The third-order valence-electron chi connectivity index (χ3n) is 2.61. The van der Waals surface area contributed by atoms with Crippen molar-refractivity contribution in [3.8, 4) is 11.6 Å². The highest BCUT2D eigenvalue weighted by atomic mass is 35.5. The highest BCUT2D eigenvalue weighted by molar-refractivity contribution is 6.30. The molecular weight excluding hydrogens is 293 g/mol. The number of hydrogen-bond acceptors (Lipinski definition) is 3. The van der Waals surface area contributed by atoms with Crippen molar-refractivity contribution in [2.24, 2.45) is 0 Å². The molecule has 106 valence electrons. The van der Waals surface area contributed by atoms with Crippen molar-refractivity contribution in [2.45, 2.75) is 20.0 Å². The standard InChI is InChI=1S/C13H10ClF3N2O/c1-7-8(2)19-12(11(14)18-7)20-10-5-3-4-9(6-10)13(15,16)17/h3-6H,1-2H3. The number of nitrogens with zero attached hydrogens (tertiary/aromatic N) is 2. The normalized spacial score (nSPS) is 11.5. The van der Waals surface area contributed by atoms with Crippen molar-refractivity contribution < 1.29 is 17.9 Å². The molecule has 0 saturated heterocycles. The Morgan fingerprint density at radius 2 is 1.75 bits per heavy atom. The van der Waals surface area contributed by atoms with E-state index >= 15 is 0 Å². The maximum Gasteiger partial charge on any atom is 0.416 e. The van der Waals surface area contributed by atoms with Crippen LogP contribution >= 0.6 is 11.6 Å². The van der Waals surface area contributed by atoms with Crippen molar-refractivity contribution in [3.05, 3.63) is 46.4 Å². The van der Waals surface area contributed by atoms with E-state index in [1.807, 2.05) is 0 Å². The predicted octanol–water partition coefficient (Wildman–Crippen LogP) is 4.56. The van der Waals surface area contributed by atoms with E-state index in [2.05, 4.69) is 9.97 Å². The van der Waals surface area contributed by atoms with Crippen LogP contribution in [0.15, 0.2) is 24.3 Å². The van der Waals surface area contributed by atoms with Crippen molar-refractivity contribution >= 4 is 11.6 Å². The zero-order valence-corrected chi connectivity index (χ0v) is 11.4. The molecule has 0 atom stereocenters. The topological polar surface area (TPSA) is 35.0 Å². The number of ether oxygens (including phenoxy) is 1. The van der Waals surface area contributed by atoms with Gasteiger partial charge in [-0.15, -0.1) is 0 Å². The molecule has 0 bridgehead atoms. The fourth-order valence-corrected chi connectivity index (χ4v) is 1.68. The maximum absolute atomic E-state index is 12.6. The summed E-state index contributed by atoms with van der Waals surface area (Å²) in [5, 5.41) is 0.00510. The number of aryl methyl sites for hydroxylation is 2. The second-order valence-electron chi connectivity index (χ2n) is 4.12. The average molecular weight is 303 g/mol. The molecule has 1 aromatic carbocycles. The molecule has 2 aromatic rings. The van der Waals surface area contributed by atoms with Crippen LogP contribution in [0.4, 0.5) is 13.2 Å². The molecular formula is C13H10ClF3N2O. The van der Waals surface area contributed by atoms with Gasteiger partial charge in [-0.1, -0.05) is 17.7 Å². The van der Waals surface area contributed by atoms with Gasteiger partial charge in [0.15, 0.2) is 5.15 Å². The van der Waals surface area contributed by atoms with Crippen molar-refractivity contribution in [3.63, 3.8) is 0 Å². The second kappa shape index (κ2) is 5.28. The molecule has 1 aromatic heterocycles. The quantitative estimate of drug-likeness (QED) is 0.816. The van der Waals surface area contributed by atoms with Crippen LogP contribution in [0.25, 0.3) is 0 Å². The zero-order valence-electron chi connectivity index (χ0n) is 10.6. The van der Waals surface area contributed by atoms with Gasteiger partial charge in [0.05, 0.1) is 17.0 Å². The monoisotopic (exact) mass is 302 g/mol. The molecule has 20 heavy (non-hydrogen) atoms. The summed E-state index contributed by atoms with van der Waals surface area (Å²) in [5.41, 5.74) is 0.422. The van der Waals surface area contributed by atoms with Crippen LogP contribution < -0.4 is 4.74 Å². The van der Waals surface area contributed by atoms with E-state index in [9.17, 15) is 13.2 Å². The Morgan fingerprint density at radius 3 is 2.40 bits per heavy atom. The van der Waals surface area contributed by atoms with Gasteiger partial charge in [0.25, 0.3) is 5.88 Å². The van der Waals surface area contributed by atoms with Crippen molar-refractivity contribution in [2.75, 3.05) is 0 Å². The summed E-state index contributed by atoms with van der Waals surface area (Å²) < 4.78 is 43.1. The molecule has 2 rings (SSSR count). The summed E-state index contributed by atoms with van der Waals surface area (Å²) >= 11 is 5.86. The Kier molecular flexibility index (Phi) is 3.85. The molecule has 0 amide bonds. The third-order valence-corrected chi connectivity index (χ3v) is 2.86.